The minimum absolute atomic E-state index is 0.231. The molecule has 0 unspecified atom stereocenters. The second kappa shape index (κ2) is 6.53. The van der Waals surface area contributed by atoms with Gasteiger partial charge in [-0.2, -0.15) is 0 Å². The Morgan fingerprint density at radius 1 is 1.19 bits per heavy atom. The van der Waals surface area contributed by atoms with Crippen molar-refractivity contribution in [2.24, 2.45) is 5.41 Å². The third-order valence-electron chi connectivity index (χ3n) is 4.11. The summed E-state index contributed by atoms with van der Waals surface area (Å²) >= 11 is 0. The number of benzene rings is 1. The van der Waals surface area contributed by atoms with Gasteiger partial charge in [-0.1, -0.05) is 6.07 Å². The lowest BCUT2D eigenvalue weighted by Crippen LogP contribution is -2.33. The van der Waals surface area contributed by atoms with Crippen molar-refractivity contribution in [2.75, 3.05) is 10.1 Å². The van der Waals surface area contributed by atoms with E-state index in [1.165, 1.54) is 24.3 Å². The van der Waals surface area contributed by atoms with E-state index in [-0.39, 0.29) is 23.9 Å². The van der Waals surface area contributed by atoms with Crippen LogP contribution in [0.4, 0.5) is 5.69 Å². The van der Waals surface area contributed by atoms with Gasteiger partial charge in [0, 0.05) is 11.8 Å². The first-order valence-electron chi connectivity index (χ1n) is 8.06. The predicted molar refractivity (Wildman–Crippen MR) is 96.9 cm³/mol. The number of anilines is 1. The summed E-state index contributed by atoms with van der Waals surface area (Å²) in [6.07, 6.45) is 1.64. The van der Waals surface area contributed by atoms with Gasteiger partial charge in [0.05, 0.1) is 29.1 Å². The van der Waals surface area contributed by atoms with Crippen molar-refractivity contribution in [3.8, 4) is 0 Å². The van der Waals surface area contributed by atoms with Gasteiger partial charge >= 0.3 is 0 Å². The fraction of sp³-hybridized carbons (Fsp3) is 0.278. The Hall–Kier alpha value is -2.74. The molecule has 7 nitrogen and oxygen atoms in total. The third kappa shape index (κ3) is 3.45. The Morgan fingerprint density at radius 3 is 2.42 bits per heavy atom. The van der Waals surface area contributed by atoms with Crippen LogP contribution in [0.15, 0.2) is 48.7 Å². The van der Waals surface area contributed by atoms with Crippen LogP contribution in [0.2, 0.25) is 0 Å². The number of sulfonamides is 1. The Kier molecular flexibility index (Phi) is 4.53. The van der Waals surface area contributed by atoms with E-state index in [1.54, 1.807) is 32.2 Å². The zero-order valence-corrected chi connectivity index (χ0v) is 15.3. The average Bonchev–Trinajstić information content (AvgIpc) is 2.76. The van der Waals surface area contributed by atoms with E-state index in [2.05, 4.69) is 10.3 Å². The van der Waals surface area contributed by atoms with Gasteiger partial charge in [0.15, 0.2) is 0 Å². The molecule has 0 saturated carbocycles. The molecule has 1 aromatic heterocycles. The number of hydrogen-bond donors (Lipinski definition) is 1. The number of nitrogens with zero attached hydrogens (tertiary/aromatic N) is 2. The Morgan fingerprint density at radius 2 is 1.88 bits per heavy atom. The van der Waals surface area contributed by atoms with E-state index in [9.17, 15) is 18.0 Å². The highest BCUT2D eigenvalue weighted by Crippen LogP contribution is 2.35. The predicted octanol–water partition coefficient (Wildman–Crippen LogP) is 1.71. The third-order valence-corrected chi connectivity index (χ3v) is 6.12. The number of aromatic nitrogens is 1. The molecule has 2 aromatic rings. The molecule has 8 heteroatoms. The Bertz CT molecular complexity index is 938. The Balaban J connectivity index is 1.74. The van der Waals surface area contributed by atoms with Crippen molar-refractivity contribution in [3.63, 3.8) is 0 Å². The van der Waals surface area contributed by atoms with Gasteiger partial charge < -0.3 is 5.32 Å². The summed E-state index contributed by atoms with van der Waals surface area (Å²) in [6.45, 7) is 3.49. The molecule has 0 spiro atoms. The molecule has 0 bridgehead atoms. The summed E-state index contributed by atoms with van der Waals surface area (Å²) in [4.78, 5) is 28.7. The molecule has 1 saturated heterocycles. The first-order chi connectivity index (χ1) is 12.2. The fourth-order valence-corrected chi connectivity index (χ4v) is 4.89. The number of rotatable bonds is 4. The first-order valence-corrected chi connectivity index (χ1v) is 9.67. The molecule has 0 atom stereocenters. The maximum absolute atomic E-state index is 12.4. The highest BCUT2D eigenvalue weighted by molar-refractivity contribution is 7.94. The lowest BCUT2D eigenvalue weighted by atomic mass is 9.95. The van der Waals surface area contributed by atoms with Crippen molar-refractivity contribution in [1.82, 2.24) is 10.3 Å². The molecule has 3 rings (SSSR count). The molecule has 1 fully saturated rings. The van der Waals surface area contributed by atoms with Gasteiger partial charge in [-0.05, 0) is 50.2 Å². The highest BCUT2D eigenvalue weighted by Gasteiger charge is 2.49. The van der Waals surface area contributed by atoms with Crippen molar-refractivity contribution in [2.45, 2.75) is 20.4 Å². The molecule has 26 heavy (non-hydrogen) atoms. The van der Waals surface area contributed by atoms with E-state index in [1.807, 2.05) is 6.07 Å². The summed E-state index contributed by atoms with van der Waals surface area (Å²) in [6, 6.07) is 11.3. The minimum atomic E-state index is -3.70. The molecule has 0 radical (unpaired) electrons. The lowest BCUT2D eigenvalue weighted by Gasteiger charge is -2.17. The Labute approximate surface area is 152 Å². The van der Waals surface area contributed by atoms with Gasteiger partial charge in [-0.25, -0.2) is 12.7 Å². The van der Waals surface area contributed by atoms with Gasteiger partial charge in [-0.15, -0.1) is 0 Å². The van der Waals surface area contributed by atoms with Crippen LogP contribution in [0.25, 0.3) is 0 Å². The molecule has 1 N–H and O–H groups in total. The smallest absolute Gasteiger partial charge is 0.251 e. The summed E-state index contributed by atoms with van der Waals surface area (Å²) in [5, 5.41) is 2.74. The SMILES string of the molecule is CC1(C)CS(=O)(=O)N(c2ccc(C(=O)NCc3ccccn3)cc2)C1=O. The fourth-order valence-electron chi connectivity index (χ4n) is 2.79. The summed E-state index contributed by atoms with van der Waals surface area (Å²) in [5.41, 5.74) is 0.376. The summed E-state index contributed by atoms with van der Waals surface area (Å²) < 4.78 is 25.4. The van der Waals surface area contributed by atoms with Crippen LogP contribution >= 0.6 is 0 Å². The average molecular weight is 373 g/mol. The van der Waals surface area contributed by atoms with E-state index in [0.29, 0.717) is 5.56 Å². The van der Waals surface area contributed by atoms with Crippen LogP contribution in [0.5, 0.6) is 0 Å². The number of carbonyl (C=O) groups excluding carboxylic acids is 2. The zero-order valence-electron chi connectivity index (χ0n) is 14.5. The maximum Gasteiger partial charge on any atom is 0.251 e. The van der Waals surface area contributed by atoms with E-state index in [0.717, 1.165) is 10.00 Å². The number of hydrogen-bond acceptors (Lipinski definition) is 5. The number of pyridine rings is 1. The van der Waals surface area contributed by atoms with Gasteiger partial charge in [0.2, 0.25) is 15.9 Å². The largest absolute Gasteiger partial charge is 0.346 e. The minimum Gasteiger partial charge on any atom is -0.346 e. The maximum atomic E-state index is 12.4. The van der Waals surface area contributed by atoms with Crippen LogP contribution in [0.3, 0.4) is 0 Å². The van der Waals surface area contributed by atoms with E-state index >= 15 is 0 Å². The number of carbonyl (C=O) groups is 2. The van der Waals surface area contributed by atoms with Gasteiger partial charge in [0.1, 0.15) is 0 Å². The first kappa shape index (κ1) is 18.1. The van der Waals surface area contributed by atoms with Crippen LogP contribution < -0.4 is 9.62 Å². The summed E-state index contributed by atoms with van der Waals surface area (Å²) in [5.74, 6) is -1.01. The van der Waals surface area contributed by atoms with Crippen molar-refractivity contribution < 1.29 is 18.0 Å². The van der Waals surface area contributed by atoms with Gasteiger partial charge in [0.25, 0.3) is 5.91 Å². The van der Waals surface area contributed by atoms with E-state index < -0.39 is 21.3 Å². The second-order valence-corrected chi connectivity index (χ2v) is 8.58. The quantitative estimate of drug-likeness (QED) is 0.880. The van der Waals surface area contributed by atoms with Crippen molar-refractivity contribution in [3.05, 3.63) is 59.9 Å². The molecular formula is C18H19N3O4S. The standard InChI is InChI=1S/C18H19N3O4S/c1-18(2)12-26(24,25)21(17(18)23)15-8-6-13(7-9-15)16(22)20-11-14-5-3-4-10-19-14/h3-10H,11-12H2,1-2H3,(H,20,22). The second-order valence-electron chi connectivity index (χ2n) is 6.76. The van der Waals surface area contributed by atoms with Crippen molar-refractivity contribution >= 4 is 27.5 Å². The van der Waals surface area contributed by atoms with Crippen molar-refractivity contribution in [1.29, 1.82) is 0 Å². The summed E-state index contributed by atoms with van der Waals surface area (Å²) in [7, 11) is -3.70. The van der Waals surface area contributed by atoms with Crippen LogP contribution in [0, 0.1) is 5.41 Å². The molecule has 1 aliphatic heterocycles. The molecule has 2 heterocycles. The van der Waals surface area contributed by atoms with E-state index in [4.69, 9.17) is 0 Å². The highest BCUT2D eigenvalue weighted by atomic mass is 32.2. The monoisotopic (exact) mass is 373 g/mol. The molecule has 1 aliphatic rings. The van der Waals surface area contributed by atoms with Crippen LogP contribution in [0.1, 0.15) is 29.9 Å². The molecular weight excluding hydrogens is 354 g/mol. The molecule has 0 aliphatic carbocycles. The molecule has 2 amide bonds. The lowest BCUT2D eigenvalue weighted by molar-refractivity contribution is -0.123. The van der Waals surface area contributed by atoms with Crippen LogP contribution in [-0.4, -0.2) is 31.0 Å². The molecule has 136 valence electrons. The number of nitrogens with one attached hydrogen (secondary N) is 1. The van der Waals surface area contributed by atoms with Gasteiger partial charge in [-0.3, -0.25) is 14.6 Å². The zero-order chi connectivity index (χ0) is 18.9. The molecule has 1 aromatic carbocycles. The topological polar surface area (TPSA) is 96.4 Å². The number of amides is 2. The normalized spacial score (nSPS) is 17.9. The van der Waals surface area contributed by atoms with Crippen LogP contribution in [-0.2, 0) is 21.4 Å².